The first-order valence-corrected chi connectivity index (χ1v) is 5.03. The van der Waals surface area contributed by atoms with Crippen molar-refractivity contribution in [3.05, 3.63) is 36.0 Å². The first-order valence-electron chi connectivity index (χ1n) is 3.86. The van der Waals surface area contributed by atoms with Crippen molar-refractivity contribution in [1.82, 2.24) is 4.98 Å². The molecule has 0 aromatic carbocycles. The van der Waals surface area contributed by atoms with Gasteiger partial charge in [-0.3, -0.25) is 0 Å². The van der Waals surface area contributed by atoms with Gasteiger partial charge in [0.25, 0.3) is 0 Å². The van der Waals surface area contributed by atoms with Crippen LogP contribution in [0.3, 0.4) is 0 Å². The molecule has 1 aromatic rings. The standard InChI is InChI=1S/C9H9BrClN3/c1-3-8(10)13-14(2)9-7(11)5-4-6-12-9/h3-6H,1H2,2H3/b13-8+. The van der Waals surface area contributed by atoms with Crippen molar-refractivity contribution in [3.8, 4) is 0 Å². The number of rotatable bonds is 3. The summed E-state index contributed by atoms with van der Waals surface area (Å²) in [7, 11) is 1.76. The zero-order valence-corrected chi connectivity index (χ0v) is 9.96. The average molecular weight is 275 g/mol. The summed E-state index contributed by atoms with van der Waals surface area (Å²) < 4.78 is 0.627. The lowest BCUT2D eigenvalue weighted by Crippen LogP contribution is -2.11. The molecule has 0 aliphatic heterocycles. The fraction of sp³-hybridized carbons (Fsp3) is 0.111. The van der Waals surface area contributed by atoms with Crippen LogP contribution in [0.2, 0.25) is 5.02 Å². The average Bonchev–Trinajstić information content (AvgIpc) is 2.18. The number of hydrogen-bond donors (Lipinski definition) is 0. The predicted octanol–water partition coefficient (Wildman–Crippen LogP) is 3.07. The molecule has 0 radical (unpaired) electrons. The van der Waals surface area contributed by atoms with Crippen molar-refractivity contribution in [2.24, 2.45) is 5.10 Å². The lowest BCUT2D eigenvalue weighted by molar-refractivity contribution is 0.983. The highest BCUT2D eigenvalue weighted by Gasteiger charge is 2.05. The maximum atomic E-state index is 5.93. The van der Waals surface area contributed by atoms with Gasteiger partial charge in [0.2, 0.25) is 0 Å². The molecule has 0 amide bonds. The number of halogens is 2. The SMILES string of the molecule is C=C/C(Br)=N\N(C)c1ncccc1Cl. The van der Waals surface area contributed by atoms with Gasteiger partial charge >= 0.3 is 0 Å². The molecule has 14 heavy (non-hydrogen) atoms. The molecule has 0 saturated heterocycles. The second kappa shape index (κ2) is 5.12. The predicted molar refractivity (Wildman–Crippen MR) is 64.2 cm³/mol. The fourth-order valence-corrected chi connectivity index (χ4v) is 1.33. The van der Waals surface area contributed by atoms with Crippen LogP contribution in [0, 0.1) is 0 Å². The zero-order chi connectivity index (χ0) is 10.6. The summed E-state index contributed by atoms with van der Waals surface area (Å²) in [6.07, 6.45) is 3.25. The summed E-state index contributed by atoms with van der Waals surface area (Å²) in [5, 5.41) is 6.26. The number of hydrazone groups is 1. The van der Waals surface area contributed by atoms with Crippen LogP contribution >= 0.6 is 27.5 Å². The number of aromatic nitrogens is 1. The Labute approximate surface area is 96.2 Å². The number of anilines is 1. The van der Waals surface area contributed by atoms with Gasteiger partial charge in [0.05, 0.1) is 5.02 Å². The molecule has 5 heteroatoms. The summed E-state index contributed by atoms with van der Waals surface area (Å²) in [4.78, 5) is 4.10. The summed E-state index contributed by atoms with van der Waals surface area (Å²) in [6.45, 7) is 3.57. The van der Waals surface area contributed by atoms with Crippen LogP contribution in [0.4, 0.5) is 5.82 Å². The van der Waals surface area contributed by atoms with Crippen LogP contribution in [0.15, 0.2) is 36.1 Å². The van der Waals surface area contributed by atoms with E-state index in [9.17, 15) is 0 Å². The smallest absolute Gasteiger partial charge is 0.167 e. The van der Waals surface area contributed by atoms with E-state index >= 15 is 0 Å². The molecule has 0 unspecified atom stereocenters. The minimum Gasteiger partial charge on any atom is -0.249 e. The van der Waals surface area contributed by atoms with E-state index in [0.29, 0.717) is 15.5 Å². The van der Waals surface area contributed by atoms with Crippen LogP contribution in [0.1, 0.15) is 0 Å². The zero-order valence-electron chi connectivity index (χ0n) is 7.61. The normalized spacial score (nSPS) is 11.2. The monoisotopic (exact) mass is 273 g/mol. The largest absolute Gasteiger partial charge is 0.249 e. The Morgan fingerprint density at radius 2 is 2.50 bits per heavy atom. The Balaban J connectivity index is 2.95. The van der Waals surface area contributed by atoms with Crippen molar-refractivity contribution in [2.75, 3.05) is 12.1 Å². The molecule has 1 rings (SSSR count). The maximum Gasteiger partial charge on any atom is 0.167 e. The lowest BCUT2D eigenvalue weighted by atomic mass is 10.4. The summed E-state index contributed by atoms with van der Waals surface area (Å²) in [6, 6.07) is 3.53. The fourth-order valence-electron chi connectivity index (χ4n) is 0.847. The summed E-state index contributed by atoms with van der Waals surface area (Å²) in [5.41, 5.74) is 0. The Hall–Kier alpha value is -0.870. The van der Waals surface area contributed by atoms with Crippen LogP contribution in [0.5, 0.6) is 0 Å². The van der Waals surface area contributed by atoms with E-state index < -0.39 is 0 Å². The Morgan fingerprint density at radius 1 is 1.79 bits per heavy atom. The summed E-state index contributed by atoms with van der Waals surface area (Å²) in [5.74, 6) is 0.605. The third kappa shape index (κ3) is 2.82. The highest BCUT2D eigenvalue weighted by Crippen LogP contribution is 2.21. The van der Waals surface area contributed by atoms with E-state index in [1.807, 2.05) is 0 Å². The quantitative estimate of drug-likeness (QED) is 0.626. The third-order valence-corrected chi connectivity index (χ3v) is 2.24. The third-order valence-electron chi connectivity index (χ3n) is 1.46. The molecule has 74 valence electrons. The van der Waals surface area contributed by atoms with Crippen molar-refractivity contribution >= 4 is 38.0 Å². The lowest BCUT2D eigenvalue weighted by Gasteiger charge is -2.12. The molecule has 3 nitrogen and oxygen atoms in total. The van der Waals surface area contributed by atoms with Crippen molar-refractivity contribution < 1.29 is 0 Å². The van der Waals surface area contributed by atoms with Gasteiger partial charge in [0.15, 0.2) is 5.82 Å². The number of hydrogen-bond acceptors (Lipinski definition) is 3. The molecule has 0 aliphatic rings. The molecule has 0 spiro atoms. The number of pyridine rings is 1. The van der Waals surface area contributed by atoms with E-state index in [-0.39, 0.29) is 0 Å². The first kappa shape index (κ1) is 11.2. The molecule has 0 fully saturated rings. The first-order chi connectivity index (χ1) is 6.65. The van der Waals surface area contributed by atoms with Gasteiger partial charge in [-0.1, -0.05) is 18.2 Å². The van der Waals surface area contributed by atoms with Crippen LogP contribution in [-0.4, -0.2) is 16.7 Å². The molecule has 0 aliphatic carbocycles. The highest BCUT2D eigenvalue weighted by atomic mass is 79.9. The second-order valence-corrected chi connectivity index (χ2v) is 3.68. The van der Waals surface area contributed by atoms with Gasteiger partial charge in [-0.15, -0.1) is 0 Å². The van der Waals surface area contributed by atoms with Crippen molar-refractivity contribution in [2.45, 2.75) is 0 Å². The maximum absolute atomic E-state index is 5.93. The van der Waals surface area contributed by atoms with E-state index in [2.05, 4.69) is 32.6 Å². The Kier molecular flexibility index (Phi) is 4.10. The highest BCUT2D eigenvalue weighted by molar-refractivity contribution is 9.18. The van der Waals surface area contributed by atoms with E-state index in [0.717, 1.165) is 0 Å². The minimum atomic E-state index is 0.558. The molecule has 0 N–H and O–H groups in total. The van der Waals surface area contributed by atoms with Crippen LogP contribution in [-0.2, 0) is 0 Å². The minimum absolute atomic E-state index is 0.558. The molecule has 0 bridgehead atoms. The van der Waals surface area contributed by atoms with E-state index in [1.54, 1.807) is 36.5 Å². The number of nitrogens with zero attached hydrogens (tertiary/aromatic N) is 3. The topological polar surface area (TPSA) is 28.5 Å². The van der Waals surface area contributed by atoms with Gasteiger partial charge in [0, 0.05) is 13.2 Å². The van der Waals surface area contributed by atoms with Gasteiger partial charge < -0.3 is 0 Å². The van der Waals surface area contributed by atoms with Gasteiger partial charge in [-0.05, 0) is 34.1 Å². The Morgan fingerprint density at radius 3 is 3.07 bits per heavy atom. The summed E-state index contributed by atoms with van der Waals surface area (Å²) >= 11 is 9.15. The molecule has 1 aromatic heterocycles. The second-order valence-electron chi connectivity index (χ2n) is 2.46. The van der Waals surface area contributed by atoms with Gasteiger partial charge in [-0.25, -0.2) is 9.99 Å². The number of allylic oxidation sites excluding steroid dienone is 1. The van der Waals surface area contributed by atoms with E-state index in [1.165, 1.54) is 0 Å². The van der Waals surface area contributed by atoms with Crippen molar-refractivity contribution in [3.63, 3.8) is 0 Å². The van der Waals surface area contributed by atoms with Gasteiger partial charge in [-0.2, -0.15) is 5.10 Å². The van der Waals surface area contributed by atoms with Gasteiger partial charge in [0.1, 0.15) is 4.62 Å². The molecule has 0 saturated carbocycles. The molecular weight excluding hydrogens is 265 g/mol. The van der Waals surface area contributed by atoms with E-state index in [4.69, 9.17) is 11.6 Å². The molecule has 0 atom stereocenters. The molecular formula is C9H9BrClN3. The van der Waals surface area contributed by atoms with Crippen LogP contribution in [0.25, 0.3) is 0 Å². The van der Waals surface area contributed by atoms with Crippen molar-refractivity contribution in [1.29, 1.82) is 0 Å². The molecule has 1 heterocycles. The van der Waals surface area contributed by atoms with Crippen LogP contribution < -0.4 is 5.01 Å². The Bertz CT molecular complexity index is 365.